The summed E-state index contributed by atoms with van der Waals surface area (Å²) in [6.45, 7) is 0. The number of hydrogen-bond donors (Lipinski definition) is 0. The Labute approximate surface area is 138 Å². The Morgan fingerprint density at radius 2 is 1.09 bits per heavy atom. The van der Waals surface area contributed by atoms with Crippen molar-refractivity contribution in [2.24, 2.45) is 23.7 Å². The van der Waals surface area contributed by atoms with Gasteiger partial charge in [-0.25, -0.2) is 0 Å². The van der Waals surface area contributed by atoms with Crippen LogP contribution in [0.1, 0.15) is 51.4 Å². The topological polar surface area (TPSA) is 86.7 Å². The van der Waals surface area contributed by atoms with Gasteiger partial charge in [0.1, 0.15) is 0 Å². The van der Waals surface area contributed by atoms with E-state index in [0.29, 0.717) is 11.8 Å². The standard InChI is InChI=1S/C15H24O6S2/c16-22(17,20-14-7-10-1-3-12(14)5-10)9-23(18,19)21-15-8-11-2-4-13(15)6-11/h10-15H,1-9H2. The molecule has 0 spiro atoms. The van der Waals surface area contributed by atoms with Crippen molar-refractivity contribution in [3.05, 3.63) is 0 Å². The van der Waals surface area contributed by atoms with E-state index < -0.39 is 25.3 Å². The monoisotopic (exact) mass is 364 g/mol. The molecule has 0 aromatic heterocycles. The van der Waals surface area contributed by atoms with Gasteiger partial charge < -0.3 is 0 Å². The van der Waals surface area contributed by atoms with Crippen molar-refractivity contribution in [3.63, 3.8) is 0 Å². The first-order valence-electron chi connectivity index (χ1n) is 8.61. The predicted molar refractivity (Wildman–Crippen MR) is 83.3 cm³/mol. The lowest BCUT2D eigenvalue weighted by molar-refractivity contribution is 0.141. The number of hydrogen-bond acceptors (Lipinski definition) is 6. The minimum Gasteiger partial charge on any atom is -0.266 e. The largest absolute Gasteiger partial charge is 0.284 e. The molecule has 4 aliphatic carbocycles. The molecule has 0 saturated heterocycles. The first-order valence-corrected chi connectivity index (χ1v) is 11.8. The van der Waals surface area contributed by atoms with E-state index in [9.17, 15) is 16.8 Å². The van der Waals surface area contributed by atoms with Gasteiger partial charge in [-0.2, -0.15) is 16.8 Å². The summed E-state index contributed by atoms with van der Waals surface area (Å²) < 4.78 is 58.9. The minimum atomic E-state index is -4.11. The van der Waals surface area contributed by atoms with Gasteiger partial charge >= 0.3 is 0 Å². The van der Waals surface area contributed by atoms with Crippen LogP contribution in [0.5, 0.6) is 0 Å². The van der Waals surface area contributed by atoms with E-state index in [2.05, 4.69) is 0 Å². The van der Waals surface area contributed by atoms with Crippen LogP contribution < -0.4 is 0 Å². The molecule has 0 aromatic carbocycles. The van der Waals surface area contributed by atoms with Gasteiger partial charge in [-0.1, -0.05) is 0 Å². The predicted octanol–water partition coefficient (Wildman–Crippen LogP) is 2.01. The van der Waals surface area contributed by atoms with Crippen molar-refractivity contribution >= 4 is 20.2 Å². The van der Waals surface area contributed by atoms with Gasteiger partial charge in [-0.3, -0.25) is 8.37 Å². The third kappa shape index (κ3) is 3.45. The molecular weight excluding hydrogens is 340 g/mol. The summed E-state index contributed by atoms with van der Waals surface area (Å²) in [6.07, 6.45) is 7.05. The van der Waals surface area contributed by atoms with Crippen molar-refractivity contribution in [2.75, 3.05) is 5.08 Å². The SMILES string of the molecule is O=S(=O)(CS(=O)(=O)OC1CC2CCC1C2)OC1CC2CCC1C2. The fourth-order valence-electron chi connectivity index (χ4n) is 5.22. The van der Waals surface area contributed by atoms with Crippen molar-refractivity contribution < 1.29 is 25.2 Å². The third-order valence-corrected chi connectivity index (χ3v) is 9.57. The summed E-state index contributed by atoms with van der Waals surface area (Å²) in [4.78, 5) is 0. The van der Waals surface area contributed by atoms with E-state index in [0.717, 1.165) is 51.4 Å². The summed E-state index contributed by atoms with van der Waals surface area (Å²) in [5.41, 5.74) is 0. The van der Waals surface area contributed by atoms with Crippen LogP contribution in [0.4, 0.5) is 0 Å². The van der Waals surface area contributed by atoms with Crippen LogP contribution in [0.3, 0.4) is 0 Å². The van der Waals surface area contributed by atoms with Gasteiger partial charge in [0.2, 0.25) is 5.08 Å². The molecule has 4 fully saturated rings. The highest BCUT2D eigenvalue weighted by Gasteiger charge is 2.45. The molecule has 8 heteroatoms. The molecular formula is C15H24O6S2. The Hall–Kier alpha value is -0.180. The number of fused-ring (bicyclic) bond motifs is 4. The molecule has 0 radical (unpaired) electrons. The highest BCUT2D eigenvalue weighted by Crippen LogP contribution is 2.47. The maximum absolute atomic E-state index is 12.1. The van der Waals surface area contributed by atoms with E-state index in [-0.39, 0.29) is 24.0 Å². The molecule has 0 heterocycles. The zero-order chi connectivity index (χ0) is 16.2. The molecule has 0 aliphatic heterocycles. The minimum absolute atomic E-state index is 0.268. The van der Waals surface area contributed by atoms with E-state index in [1.807, 2.05) is 0 Å². The smallest absolute Gasteiger partial charge is 0.266 e. The third-order valence-electron chi connectivity index (χ3n) is 6.18. The quantitative estimate of drug-likeness (QED) is 0.670. The van der Waals surface area contributed by atoms with Gasteiger partial charge in [-0.05, 0) is 75.0 Å². The van der Waals surface area contributed by atoms with E-state index in [1.165, 1.54) is 0 Å². The zero-order valence-corrected chi connectivity index (χ0v) is 14.7. The molecule has 0 N–H and O–H groups in total. The molecule has 0 aromatic rings. The second kappa shape index (κ2) is 5.68. The summed E-state index contributed by atoms with van der Waals surface area (Å²) in [5, 5.41) is -1.05. The lowest BCUT2D eigenvalue weighted by atomic mass is 9.98. The summed E-state index contributed by atoms with van der Waals surface area (Å²) in [6, 6.07) is 0. The Morgan fingerprint density at radius 1 is 0.652 bits per heavy atom. The zero-order valence-electron chi connectivity index (χ0n) is 13.1. The molecule has 6 atom stereocenters. The van der Waals surface area contributed by atoms with Crippen LogP contribution in [0.25, 0.3) is 0 Å². The molecule has 4 bridgehead atoms. The lowest BCUT2D eigenvalue weighted by Crippen LogP contribution is -2.31. The van der Waals surface area contributed by atoms with Crippen molar-refractivity contribution in [1.82, 2.24) is 0 Å². The van der Waals surface area contributed by atoms with Gasteiger partial charge in [0, 0.05) is 0 Å². The maximum Gasteiger partial charge on any atom is 0.284 e. The first kappa shape index (κ1) is 16.3. The second-order valence-corrected chi connectivity index (χ2v) is 11.4. The molecule has 132 valence electrons. The Bertz CT molecular complexity index is 612. The fourth-order valence-corrected chi connectivity index (χ4v) is 8.30. The van der Waals surface area contributed by atoms with E-state index >= 15 is 0 Å². The van der Waals surface area contributed by atoms with Gasteiger partial charge in [0.15, 0.2) is 0 Å². The van der Waals surface area contributed by atoms with Crippen molar-refractivity contribution in [3.8, 4) is 0 Å². The highest BCUT2D eigenvalue weighted by molar-refractivity contribution is 8.03. The van der Waals surface area contributed by atoms with Crippen LogP contribution in [-0.4, -0.2) is 34.1 Å². The van der Waals surface area contributed by atoms with Crippen LogP contribution in [0, 0.1) is 23.7 Å². The van der Waals surface area contributed by atoms with Gasteiger partial charge in [-0.15, -0.1) is 0 Å². The molecule has 0 amide bonds. The normalized spacial score (nSPS) is 42.6. The average Bonchev–Trinajstić information content (AvgIpc) is 3.15. The summed E-state index contributed by atoms with van der Waals surface area (Å²) in [5.74, 6) is 1.62. The Kier molecular flexibility index (Phi) is 4.02. The summed E-state index contributed by atoms with van der Waals surface area (Å²) in [7, 11) is -8.23. The Morgan fingerprint density at radius 3 is 1.39 bits per heavy atom. The summed E-state index contributed by atoms with van der Waals surface area (Å²) >= 11 is 0. The van der Waals surface area contributed by atoms with Crippen LogP contribution in [0.2, 0.25) is 0 Å². The fraction of sp³-hybridized carbons (Fsp3) is 1.00. The number of rotatable bonds is 6. The van der Waals surface area contributed by atoms with Crippen LogP contribution >= 0.6 is 0 Å². The molecule has 4 aliphatic rings. The van der Waals surface area contributed by atoms with Crippen LogP contribution in [-0.2, 0) is 28.6 Å². The van der Waals surface area contributed by atoms with Crippen molar-refractivity contribution in [1.29, 1.82) is 0 Å². The molecule has 23 heavy (non-hydrogen) atoms. The maximum atomic E-state index is 12.1. The van der Waals surface area contributed by atoms with Gasteiger partial charge in [0.25, 0.3) is 20.2 Å². The molecule has 6 unspecified atom stereocenters. The van der Waals surface area contributed by atoms with Crippen LogP contribution in [0.15, 0.2) is 0 Å². The van der Waals surface area contributed by atoms with E-state index in [1.54, 1.807) is 0 Å². The van der Waals surface area contributed by atoms with E-state index in [4.69, 9.17) is 8.37 Å². The first-order chi connectivity index (χ1) is 10.8. The molecule has 6 nitrogen and oxygen atoms in total. The highest BCUT2D eigenvalue weighted by atomic mass is 32.3. The Balaban J connectivity index is 1.36. The van der Waals surface area contributed by atoms with Crippen molar-refractivity contribution in [2.45, 2.75) is 63.6 Å². The second-order valence-electron chi connectivity index (χ2n) is 7.85. The average molecular weight is 364 g/mol. The van der Waals surface area contributed by atoms with Gasteiger partial charge in [0.05, 0.1) is 12.2 Å². The molecule has 4 saturated carbocycles. The lowest BCUT2D eigenvalue weighted by Gasteiger charge is -2.23. The molecule has 4 rings (SSSR count).